The second kappa shape index (κ2) is 9.75. The molecule has 1 unspecified atom stereocenters. The molecule has 0 radical (unpaired) electrons. The average Bonchev–Trinajstić information content (AvgIpc) is 3.22. The highest BCUT2D eigenvalue weighted by Gasteiger charge is 2.26. The van der Waals surface area contributed by atoms with Crippen LogP contribution < -0.4 is 15.0 Å². The molecule has 8 nitrogen and oxygen atoms in total. The van der Waals surface area contributed by atoms with Gasteiger partial charge in [0.1, 0.15) is 6.61 Å². The first kappa shape index (κ1) is 22.4. The molecule has 0 spiro atoms. The maximum Gasteiger partial charge on any atom is 0.275 e. The van der Waals surface area contributed by atoms with Gasteiger partial charge in [-0.15, -0.1) is 0 Å². The van der Waals surface area contributed by atoms with Crippen LogP contribution >= 0.6 is 0 Å². The van der Waals surface area contributed by atoms with E-state index in [1.807, 2.05) is 32.0 Å². The Morgan fingerprint density at radius 2 is 1.97 bits per heavy atom. The first-order chi connectivity index (χ1) is 15.5. The molecule has 0 bridgehead atoms. The summed E-state index contributed by atoms with van der Waals surface area (Å²) in [5.74, 6) is 1.44. The fraction of sp³-hybridized carbons (Fsp3) is 0.500. The summed E-state index contributed by atoms with van der Waals surface area (Å²) in [6.07, 6.45) is 3.35. The molecule has 4 rings (SSSR count). The van der Waals surface area contributed by atoms with E-state index in [-0.39, 0.29) is 11.6 Å². The number of nitrogens with one attached hydrogen (secondary N) is 1. The topological polar surface area (TPSA) is 81.1 Å². The van der Waals surface area contributed by atoms with E-state index in [4.69, 9.17) is 14.2 Å². The number of fused-ring (bicyclic) bond motifs is 1. The molecule has 1 aliphatic heterocycles. The fourth-order valence-electron chi connectivity index (χ4n) is 4.34. The zero-order valence-electron chi connectivity index (χ0n) is 19.3. The van der Waals surface area contributed by atoms with Gasteiger partial charge < -0.3 is 14.2 Å². The van der Waals surface area contributed by atoms with E-state index in [9.17, 15) is 4.79 Å². The van der Waals surface area contributed by atoms with Gasteiger partial charge in [-0.05, 0) is 50.9 Å². The minimum Gasteiger partial charge on any atom is -0.493 e. The van der Waals surface area contributed by atoms with Crippen LogP contribution in [-0.2, 0) is 11.3 Å². The number of aromatic amines is 1. The quantitative estimate of drug-likeness (QED) is 0.541. The lowest BCUT2D eigenvalue weighted by atomic mass is 9.98. The lowest BCUT2D eigenvalue weighted by Gasteiger charge is -2.35. The summed E-state index contributed by atoms with van der Waals surface area (Å²) in [6, 6.07) is 8.30. The van der Waals surface area contributed by atoms with E-state index in [0.717, 1.165) is 60.8 Å². The number of hydrogen-bond donors (Lipinski definition) is 1. The van der Waals surface area contributed by atoms with Crippen LogP contribution in [0.2, 0.25) is 0 Å². The predicted octanol–water partition coefficient (Wildman–Crippen LogP) is 3.40. The van der Waals surface area contributed by atoms with Crippen molar-refractivity contribution in [2.24, 2.45) is 0 Å². The Kier molecular flexibility index (Phi) is 6.81. The van der Waals surface area contributed by atoms with E-state index in [2.05, 4.69) is 21.0 Å². The van der Waals surface area contributed by atoms with Crippen LogP contribution in [0.15, 0.2) is 29.1 Å². The highest BCUT2D eigenvalue weighted by Crippen LogP contribution is 2.34. The zero-order chi connectivity index (χ0) is 22.7. The van der Waals surface area contributed by atoms with Crippen molar-refractivity contribution < 1.29 is 14.2 Å². The molecule has 1 aliphatic rings. The van der Waals surface area contributed by atoms with Gasteiger partial charge in [0.25, 0.3) is 5.56 Å². The summed E-state index contributed by atoms with van der Waals surface area (Å²) in [4.78, 5) is 19.7. The van der Waals surface area contributed by atoms with Crippen LogP contribution in [-0.4, -0.2) is 53.5 Å². The molecule has 1 saturated heterocycles. The molecular formula is C24H32N4O4. The van der Waals surface area contributed by atoms with Crippen molar-refractivity contribution in [3.05, 3.63) is 57.1 Å². The van der Waals surface area contributed by atoms with E-state index in [1.54, 1.807) is 18.7 Å². The average molecular weight is 441 g/mol. The van der Waals surface area contributed by atoms with E-state index < -0.39 is 0 Å². The van der Waals surface area contributed by atoms with Crippen molar-refractivity contribution in [1.29, 1.82) is 0 Å². The van der Waals surface area contributed by atoms with Crippen molar-refractivity contribution in [2.75, 3.05) is 34.0 Å². The summed E-state index contributed by atoms with van der Waals surface area (Å²) in [5.41, 5.74) is 4.29. The number of piperidine rings is 1. The Morgan fingerprint density at radius 3 is 2.75 bits per heavy atom. The number of nitrogens with zero attached hydrogens (tertiary/aromatic N) is 3. The molecule has 2 aromatic heterocycles. The second-order valence-electron chi connectivity index (χ2n) is 8.34. The number of likely N-dealkylation sites (tertiary alicyclic amines) is 1. The van der Waals surface area contributed by atoms with Gasteiger partial charge in [0.2, 0.25) is 0 Å². The van der Waals surface area contributed by atoms with Gasteiger partial charge in [0.15, 0.2) is 17.1 Å². The highest BCUT2D eigenvalue weighted by molar-refractivity contribution is 5.44. The summed E-state index contributed by atoms with van der Waals surface area (Å²) >= 11 is 0. The summed E-state index contributed by atoms with van der Waals surface area (Å²) < 4.78 is 17.9. The van der Waals surface area contributed by atoms with Gasteiger partial charge in [-0.3, -0.25) is 14.8 Å². The van der Waals surface area contributed by atoms with Crippen molar-refractivity contribution in [3.63, 3.8) is 0 Å². The number of aromatic nitrogens is 3. The molecule has 8 heteroatoms. The number of aryl methyl sites for hydroxylation is 1. The molecule has 3 heterocycles. The summed E-state index contributed by atoms with van der Waals surface area (Å²) in [7, 11) is 3.31. The lowest BCUT2D eigenvalue weighted by molar-refractivity contribution is 0.136. The first-order valence-electron chi connectivity index (χ1n) is 11.1. The van der Waals surface area contributed by atoms with Gasteiger partial charge in [-0.2, -0.15) is 0 Å². The molecule has 0 amide bonds. The maximum atomic E-state index is 12.7. The van der Waals surface area contributed by atoms with Gasteiger partial charge in [-0.1, -0.05) is 12.5 Å². The number of H-pyrrole nitrogens is 1. The zero-order valence-corrected chi connectivity index (χ0v) is 19.3. The standard InChI is InChI=1S/C24H32N4O4/c1-16-17(2)25-23-14-19(26-28(23)24(16)29)20-7-5-6-10-27(20)15-18-8-9-21(22(13-18)31-4)32-12-11-30-3/h8-9,13-14,20,26H,5-7,10-12,15H2,1-4H3. The van der Waals surface area contributed by atoms with Crippen LogP contribution in [0.4, 0.5) is 0 Å². The Labute approximate surface area is 188 Å². The third-order valence-electron chi connectivity index (χ3n) is 6.23. The molecule has 0 aliphatic carbocycles. The minimum atomic E-state index is -0.0325. The summed E-state index contributed by atoms with van der Waals surface area (Å²) in [6.45, 7) is 6.49. The molecule has 1 atom stereocenters. The number of methoxy groups -OCH3 is 2. The Balaban J connectivity index is 1.57. The lowest BCUT2D eigenvalue weighted by Crippen LogP contribution is -2.33. The smallest absolute Gasteiger partial charge is 0.275 e. The van der Waals surface area contributed by atoms with Crippen LogP contribution in [0.3, 0.4) is 0 Å². The molecule has 32 heavy (non-hydrogen) atoms. The molecule has 0 saturated carbocycles. The Hall–Kier alpha value is -2.84. The number of benzene rings is 1. The molecule has 1 aromatic carbocycles. The van der Waals surface area contributed by atoms with Crippen molar-refractivity contribution in [2.45, 2.75) is 45.7 Å². The van der Waals surface area contributed by atoms with Gasteiger partial charge in [0.05, 0.1) is 25.5 Å². The largest absolute Gasteiger partial charge is 0.493 e. The van der Waals surface area contributed by atoms with Crippen LogP contribution in [0, 0.1) is 13.8 Å². The summed E-state index contributed by atoms with van der Waals surface area (Å²) in [5, 5.41) is 3.32. The molecular weight excluding hydrogens is 408 g/mol. The van der Waals surface area contributed by atoms with Crippen molar-refractivity contribution in [3.8, 4) is 11.5 Å². The van der Waals surface area contributed by atoms with E-state index in [0.29, 0.717) is 24.4 Å². The minimum absolute atomic E-state index is 0.0325. The second-order valence-corrected chi connectivity index (χ2v) is 8.34. The molecule has 1 fully saturated rings. The Bertz CT molecular complexity index is 1140. The number of rotatable bonds is 8. The van der Waals surface area contributed by atoms with Gasteiger partial charge in [-0.25, -0.2) is 9.50 Å². The number of ether oxygens (including phenoxy) is 3. The third-order valence-corrected chi connectivity index (χ3v) is 6.23. The normalized spacial score (nSPS) is 17.1. The molecule has 1 N–H and O–H groups in total. The highest BCUT2D eigenvalue weighted by atomic mass is 16.5. The van der Waals surface area contributed by atoms with Gasteiger partial charge in [0, 0.05) is 31.0 Å². The van der Waals surface area contributed by atoms with E-state index in [1.165, 1.54) is 0 Å². The SMILES string of the molecule is COCCOc1ccc(CN2CCCCC2c2cc3nc(C)c(C)c(=O)n3[nH]2)cc1OC. The number of hydrogen-bond acceptors (Lipinski definition) is 6. The maximum absolute atomic E-state index is 12.7. The third kappa shape index (κ3) is 4.52. The van der Waals surface area contributed by atoms with Crippen LogP contribution in [0.1, 0.15) is 47.8 Å². The van der Waals surface area contributed by atoms with Crippen molar-refractivity contribution >= 4 is 5.65 Å². The van der Waals surface area contributed by atoms with Crippen molar-refractivity contribution in [1.82, 2.24) is 19.5 Å². The fourth-order valence-corrected chi connectivity index (χ4v) is 4.34. The van der Waals surface area contributed by atoms with Crippen LogP contribution in [0.5, 0.6) is 11.5 Å². The van der Waals surface area contributed by atoms with Gasteiger partial charge >= 0.3 is 0 Å². The monoisotopic (exact) mass is 440 g/mol. The van der Waals surface area contributed by atoms with Crippen LogP contribution in [0.25, 0.3) is 5.65 Å². The predicted molar refractivity (Wildman–Crippen MR) is 123 cm³/mol. The van der Waals surface area contributed by atoms with E-state index >= 15 is 0 Å². The first-order valence-corrected chi connectivity index (χ1v) is 11.1. The Morgan fingerprint density at radius 1 is 1.12 bits per heavy atom. The molecule has 172 valence electrons. The molecule has 3 aromatic rings.